The maximum Gasteiger partial charge on any atom is 0.306 e. The van der Waals surface area contributed by atoms with Crippen LogP contribution >= 0.6 is 0 Å². The van der Waals surface area contributed by atoms with Crippen molar-refractivity contribution >= 4 is 11.9 Å². The highest BCUT2D eigenvalue weighted by Crippen LogP contribution is 2.39. The molecule has 0 aliphatic carbocycles. The van der Waals surface area contributed by atoms with E-state index in [0.29, 0.717) is 26.1 Å². The number of nitrogens with zero attached hydrogens (tertiary/aromatic N) is 1. The summed E-state index contributed by atoms with van der Waals surface area (Å²) in [4.78, 5) is 26.5. The van der Waals surface area contributed by atoms with Crippen LogP contribution in [0.1, 0.15) is 72.1 Å². The third-order valence-corrected chi connectivity index (χ3v) is 5.22. The Kier molecular flexibility index (Phi) is 12.3. The Morgan fingerprint density at radius 2 is 1.41 bits per heavy atom. The van der Waals surface area contributed by atoms with Crippen LogP contribution in [-0.2, 0) is 23.8 Å². The van der Waals surface area contributed by atoms with Crippen molar-refractivity contribution in [3.8, 4) is 0 Å². The first-order valence-electron chi connectivity index (χ1n) is 10.7. The second-order valence-electron chi connectivity index (χ2n) is 7.48. The van der Waals surface area contributed by atoms with Crippen LogP contribution in [0.25, 0.3) is 0 Å². The summed E-state index contributed by atoms with van der Waals surface area (Å²) in [5, 5.41) is 0. The van der Waals surface area contributed by atoms with Crippen molar-refractivity contribution in [3.63, 3.8) is 0 Å². The van der Waals surface area contributed by atoms with Crippen molar-refractivity contribution in [1.82, 2.24) is 4.90 Å². The highest BCUT2D eigenvalue weighted by atomic mass is 16.5. The molecule has 1 saturated heterocycles. The van der Waals surface area contributed by atoms with Crippen molar-refractivity contribution in [2.75, 3.05) is 46.1 Å². The topological polar surface area (TPSA) is 65.1 Å². The fourth-order valence-electron chi connectivity index (χ4n) is 3.59. The van der Waals surface area contributed by atoms with Gasteiger partial charge in [0.15, 0.2) is 0 Å². The van der Waals surface area contributed by atoms with Gasteiger partial charge in [-0.1, -0.05) is 13.3 Å². The van der Waals surface area contributed by atoms with E-state index in [1.165, 1.54) is 6.42 Å². The van der Waals surface area contributed by atoms with E-state index in [4.69, 9.17) is 14.2 Å². The summed E-state index contributed by atoms with van der Waals surface area (Å²) in [6.45, 7) is 11.1. The van der Waals surface area contributed by atoms with E-state index < -0.39 is 0 Å². The van der Waals surface area contributed by atoms with Crippen molar-refractivity contribution in [1.29, 1.82) is 0 Å². The normalized spacial score (nSPS) is 16.9. The number of carbonyl (C=O) groups is 2. The van der Waals surface area contributed by atoms with Crippen molar-refractivity contribution in [2.24, 2.45) is 5.41 Å². The average Bonchev–Trinajstić information content (AvgIpc) is 2.63. The number of esters is 2. The second kappa shape index (κ2) is 13.9. The first-order valence-corrected chi connectivity index (χ1v) is 10.7. The maximum absolute atomic E-state index is 12.1. The Balaban J connectivity index is 2.40. The number of likely N-dealkylation sites (tertiary alicyclic amines) is 1. The Morgan fingerprint density at radius 1 is 0.852 bits per heavy atom. The molecular formula is C21H39NO5. The highest BCUT2D eigenvalue weighted by molar-refractivity contribution is 5.74. The van der Waals surface area contributed by atoms with E-state index in [1.54, 1.807) is 0 Å². The largest absolute Gasteiger partial charge is 0.466 e. The van der Waals surface area contributed by atoms with E-state index in [-0.39, 0.29) is 17.4 Å². The zero-order valence-corrected chi connectivity index (χ0v) is 17.6. The molecule has 0 spiro atoms. The monoisotopic (exact) mass is 385 g/mol. The Hall–Kier alpha value is -1.14. The predicted octanol–water partition coefficient (Wildman–Crippen LogP) is 3.57. The van der Waals surface area contributed by atoms with Crippen LogP contribution in [0.5, 0.6) is 0 Å². The van der Waals surface area contributed by atoms with Crippen LogP contribution in [0.2, 0.25) is 0 Å². The number of rotatable bonds is 14. The van der Waals surface area contributed by atoms with Crippen molar-refractivity contribution in [3.05, 3.63) is 0 Å². The number of hydrogen-bond donors (Lipinski definition) is 0. The van der Waals surface area contributed by atoms with E-state index >= 15 is 0 Å². The lowest BCUT2D eigenvalue weighted by Crippen LogP contribution is -2.43. The molecule has 0 N–H and O–H groups in total. The summed E-state index contributed by atoms with van der Waals surface area (Å²) in [5.41, 5.74) is -0.321. The fourth-order valence-corrected chi connectivity index (χ4v) is 3.59. The summed E-state index contributed by atoms with van der Waals surface area (Å²) < 4.78 is 15.9. The molecule has 1 rings (SSSR count). The molecule has 0 saturated carbocycles. The summed E-state index contributed by atoms with van der Waals surface area (Å²) in [6.07, 6.45) is 6.78. The lowest BCUT2D eigenvalue weighted by molar-refractivity contribution is -0.151. The minimum absolute atomic E-state index is 0.209. The van der Waals surface area contributed by atoms with E-state index in [2.05, 4.69) is 11.8 Å². The molecule has 6 nitrogen and oxygen atoms in total. The fraction of sp³-hybridized carbons (Fsp3) is 0.905. The lowest BCUT2D eigenvalue weighted by Gasteiger charge is -2.40. The van der Waals surface area contributed by atoms with E-state index in [9.17, 15) is 9.59 Å². The molecule has 0 bridgehead atoms. The second-order valence-corrected chi connectivity index (χ2v) is 7.48. The molecule has 0 unspecified atom stereocenters. The van der Waals surface area contributed by atoms with Gasteiger partial charge in [0, 0.05) is 13.2 Å². The maximum atomic E-state index is 12.1. The SMILES string of the molecule is CCCCOCCCCN1CCC(CC(=O)OCC)(CC(=O)OCC)CC1. The highest BCUT2D eigenvalue weighted by Gasteiger charge is 2.39. The Morgan fingerprint density at radius 3 is 1.93 bits per heavy atom. The molecule has 27 heavy (non-hydrogen) atoms. The zero-order valence-electron chi connectivity index (χ0n) is 17.6. The van der Waals surface area contributed by atoms with Gasteiger partial charge in [0.2, 0.25) is 0 Å². The molecule has 0 radical (unpaired) electrons. The van der Waals surface area contributed by atoms with Crippen LogP contribution < -0.4 is 0 Å². The quantitative estimate of drug-likeness (QED) is 0.336. The number of hydrogen-bond acceptors (Lipinski definition) is 6. The number of piperidine rings is 1. The third kappa shape index (κ3) is 10.1. The van der Waals surface area contributed by atoms with Crippen molar-refractivity contribution < 1.29 is 23.8 Å². The molecule has 0 aromatic carbocycles. The van der Waals surface area contributed by atoms with Crippen molar-refractivity contribution in [2.45, 2.75) is 72.1 Å². The molecule has 1 aliphatic heterocycles. The Bertz CT molecular complexity index is 397. The number of carbonyl (C=O) groups excluding carboxylic acids is 2. The minimum Gasteiger partial charge on any atom is -0.466 e. The molecule has 158 valence electrons. The molecule has 6 heteroatoms. The third-order valence-electron chi connectivity index (χ3n) is 5.22. The van der Waals surface area contributed by atoms with Gasteiger partial charge >= 0.3 is 11.9 Å². The summed E-state index contributed by atoms with van der Waals surface area (Å²) in [5.74, 6) is -0.418. The van der Waals surface area contributed by atoms with Gasteiger partial charge in [0.1, 0.15) is 0 Å². The van der Waals surface area contributed by atoms with Gasteiger partial charge in [0.25, 0.3) is 0 Å². The zero-order chi connectivity index (χ0) is 20.0. The molecular weight excluding hydrogens is 346 g/mol. The van der Waals surface area contributed by atoms with E-state index in [0.717, 1.165) is 65.0 Å². The van der Waals surface area contributed by atoms with Gasteiger partial charge in [-0.2, -0.15) is 0 Å². The van der Waals surface area contributed by atoms with Gasteiger partial charge in [-0.05, 0) is 71.0 Å². The smallest absolute Gasteiger partial charge is 0.306 e. The Labute approximate surface area is 164 Å². The van der Waals surface area contributed by atoms with Crippen LogP contribution in [-0.4, -0.2) is 62.9 Å². The molecule has 1 fully saturated rings. The molecule has 0 aromatic rings. The average molecular weight is 386 g/mol. The summed E-state index contributed by atoms with van der Waals surface area (Å²) >= 11 is 0. The molecule has 1 heterocycles. The number of unbranched alkanes of at least 4 members (excludes halogenated alkanes) is 2. The predicted molar refractivity (Wildman–Crippen MR) is 106 cm³/mol. The van der Waals surface area contributed by atoms with E-state index in [1.807, 2.05) is 13.8 Å². The van der Waals surface area contributed by atoms with Gasteiger partial charge < -0.3 is 19.1 Å². The van der Waals surface area contributed by atoms with Crippen LogP contribution in [0.3, 0.4) is 0 Å². The van der Waals surface area contributed by atoms with Gasteiger partial charge in [-0.15, -0.1) is 0 Å². The minimum atomic E-state index is -0.321. The molecule has 0 atom stereocenters. The van der Waals surface area contributed by atoms with Crippen LogP contribution in [0, 0.1) is 5.41 Å². The first-order chi connectivity index (χ1) is 13.0. The lowest BCUT2D eigenvalue weighted by atomic mass is 9.73. The summed E-state index contributed by atoms with van der Waals surface area (Å²) in [6, 6.07) is 0. The number of ether oxygens (including phenoxy) is 3. The van der Waals surface area contributed by atoms with Gasteiger partial charge in [-0.25, -0.2) is 0 Å². The first kappa shape index (κ1) is 23.9. The summed E-state index contributed by atoms with van der Waals surface area (Å²) in [7, 11) is 0. The molecule has 0 aromatic heterocycles. The van der Waals surface area contributed by atoms with Crippen LogP contribution in [0.15, 0.2) is 0 Å². The molecule has 1 aliphatic rings. The van der Waals surface area contributed by atoms with Gasteiger partial charge in [-0.3, -0.25) is 9.59 Å². The molecule has 0 amide bonds. The van der Waals surface area contributed by atoms with Gasteiger partial charge in [0.05, 0.1) is 26.1 Å². The standard InChI is InChI=1S/C21H39NO5/c1-4-7-15-25-16-9-8-12-22-13-10-21(11-14-22,17-19(23)26-5-2)18-20(24)27-6-3/h4-18H2,1-3H3. The van der Waals surface area contributed by atoms with Crippen LogP contribution in [0.4, 0.5) is 0 Å².